The second kappa shape index (κ2) is 10.7. The van der Waals surface area contributed by atoms with Crippen molar-refractivity contribution in [3.8, 4) is 5.75 Å². The number of rotatable bonds is 11. The molecular weight excluding hydrogens is 250 g/mol. The molecule has 0 aromatic heterocycles. The summed E-state index contributed by atoms with van der Waals surface area (Å²) < 4.78 is 5.64. The van der Waals surface area contributed by atoms with E-state index in [1.165, 1.54) is 18.4 Å². The highest BCUT2D eigenvalue weighted by Crippen LogP contribution is 2.14. The van der Waals surface area contributed by atoms with Gasteiger partial charge in [-0.25, -0.2) is 0 Å². The Hall–Kier alpha value is -1.06. The van der Waals surface area contributed by atoms with Crippen LogP contribution < -0.4 is 10.1 Å². The van der Waals surface area contributed by atoms with Crippen molar-refractivity contribution in [2.24, 2.45) is 5.92 Å². The van der Waals surface area contributed by atoms with Crippen LogP contribution in [0.4, 0.5) is 0 Å². The molecule has 0 spiro atoms. The maximum atomic E-state index is 9.05. The minimum absolute atomic E-state index is 0.284. The summed E-state index contributed by atoms with van der Waals surface area (Å²) in [6.07, 6.45) is 4.27. The average molecular weight is 279 g/mol. The van der Waals surface area contributed by atoms with Crippen molar-refractivity contribution in [1.29, 1.82) is 0 Å². The van der Waals surface area contributed by atoms with Crippen LogP contribution in [0.25, 0.3) is 0 Å². The summed E-state index contributed by atoms with van der Waals surface area (Å²) in [5.74, 6) is 1.52. The van der Waals surface area contributed by atoms with Crippen LogP contribution in [0.15, 0.2) is 24.3 Å². The van der Waals surface area contributed by atoms with Crippen molar-refractivity contribution in [2.45, 2.75) is 46.1 Å². The second-order valence-electron chi connectivity index (χ2n) is 5.29. The van der Waals surface area contributed by atoms with Crippen LogP contribution in [0.3, 0.4) is 0 Å². The molecule has 0 heterocycles. The molecule has 114 valence electrons. The Kier molecular flexibility index (Phi) is 9.09. The third-order valence-corrected chi connectivity index (χ3v) is 3.37. The highest BCUT2D eigenvalue weighted by molar-refractivity contribution is 5.28. The molecule has 1 aromatic rings. The molecule has 0 saturated carbocycles. The van der Waals surface area contributed by atoms with E-state index in [4.69, 9.17) is 9.84 Å². The third kappa shape index (κ3) is 6.92. The van der Waals surface area contributed by atoms with Gasteiger partial charge in [-0.15, -0.1) is 0 Å². The molecule has 20 heavy (non-hydrogen) atoms. The molecule has 0 aliphatic carbocycles. The summed E-state index contributed by atoms with van der Waals surface area (Å²) in [5, 5.41) is 12.5. The fraction of sp³-hybridized carbons (Fsp3) is 0.647. The summed E-state index contributed by atoms with van der Waals surface area (Å²) in [6.45, 7) is 7.18. The predicted octanol–water partition coefficient (Wildman–Crippen LogP) is 3.36. The normalized spacial score (nSPS) is 12.3. The molecule has 3 nitrogen and oxygen atoms in total. The van der Waals surface area contributed by atoms with Crippen LogP contribution in [0.2, 0.25) is 0 Å². The fourth-order valence-corrected chi connectivity index (χ4v) is 2.33. The molecule has 0 saturated heterocycles. The van der Waals surface area contributed by atoms with Gasteiger partial charge >= 0.3 is 0 Å². The molecule has 0 aliphatic heterocycles. The SMILES string of the molecule is CCCOc1cccc(CNCC(CCC)CCO)c1. The standard InChI is InChI=1S/C17H29NO2/c1-3-6-15(9-10-19)13-18-14-16-7-5-8-17(12-16)20-11-4-2/h5,7-8,12,15,18-19H,3-4,6,9-11,13-14H2,1-2H3. The van der Waals surface area contributed by atoms with Gasteiger partial charge in [-0.3, -0.25) is 0 Å². The molecule has 1 aromatic carbocycles. The molecule has 0 amide bonds. The van der Waals surface area contributed by atoms with Crippen LogP contribution in [0, 0.1) is 5.92 Å². The number of hydrogen-bond acceptors (Lipinski definition) is 3. The van der Waals surface area contributed by atoms with E-state index in [0.29, 0.717) is 5.92 Å². The van der Waals surface area contributed by atoms with E-state index in [9.17, 15) is 0 Å². The summed E-state index contributed by atoms with van der Waals surface area (Å²) in [7, 11) is 0. The maximum absolute atomic E-state index is 9.05. The zero-order chi connectivity index (χ0) is 14.6. The van der Waals surface area contributed by atoms with Gasteiger partial charge in [-0.05, 0) is 49.4 Å². The van der Waals surface area contributed by atoms with Gasteiger partial charge in [0.15, 0.2) is 0 Å². The van der Waals surface area contributed by atoms with Crippen LogP contribution in [0.1, 0.15) is 45.1 Å². The third-order valence-electron chi connectivity index (χ3n) is 3.37. The summed E-state index contributed by atoms with van der Waals surface area (Å²) in [6, 6.07) is 8.26. The van der Waals surface area contributed by atoms with Gasteiger partial charge in [0, 0.05) is 13.2 Å². The molecule has 2 N–H and O–H groups in total. The molecule has 1 rings (SSSR count). The van der Waals surface area contributed by atoms with Crippen molar-refractivity contribution in [2.75, 3.05) is 19.8 Å². The fourth-order valence-electron chi connectivity index (χ4n) is 2.33. The zero-order valence-electron chi connectivity index (χ0n) is 12.9. The van der Waals surface area contributed by atoms with Gasteiger partial charge in [0.25, 0.3) is 0 Å². The van der Waals surface area contributed by atoms with Gasteiger partial charge < -0.3 is 15.2 Å². The number of aliphatic hydroxyl groups is 1. The lowest BCUT2D eigenvalue weighted by atomic mass is 10.0. The smallest absolute Gasteiger partial charge is 0.119 e. The predicted molar refractivity (Wildman–Crippen MR) is 84.0 cm³/mol. The monoisotopic (exact) mass is 279 g/mol. The summed E-state index contributed by atoms with van der Waals surface area (Å²) in [5.41, 5.74) is 1.25. The number of aliphatic hydroxyl groups excluding tert-OH is 1. The summed E-state index contributed by atoms with van der Waals surface area (Å²) >= 11 is 0. The first-order valence-corrected chi connectivity index (χ1v) is 7.83. The van der Waals surface area contributed by atoms with Crippen molar-refractivity contribution >= 4 is 0 Å². The quantitative estimate of drug-likeness (QED) is 0.652. The minimum Gasteiger partial charge on any atom is -0.494 e. The van der Waals surface area contributed by atoms with Gasteiger partial charge in [-0.2, -0.15) is 0 Å². The largest absolute Gasteiger partial charge is 0.494 e. The molecule has 0 fully saturated rings. The maximum Gasteiger partial charge on any atom is 0.119 e. The minimum atomic E-state index is 0.284. The van der Waals surface area contributed by atoms with E-state index in [1.807, 2.05) is 12.1 Å². The first-order chi connectivity index (χ1) is 9.80. The Morgan fingerprint density at radius 2 is 2.05 bits per heavy atom. The lowest BCUT2D eigenvalue weighted by molar-refractivity contribution is 0.248. The van der Waals surface area contributed by atoms with Crippen molar-refractivity contribution < 1.29 is 9.84 Å². The van der Waals surface area contributed by atoms with Crippen molar-refractivity contribution in [3.63, 3.8) is 0 Å². The number of hydrogen-bond donors (Lipinski definition) is 2. The van der Waals surface area contributed by atoms with E-state index in [-0.39, 0.29) is 6.61 Å². The molecule has 0 bridgehead atoms. The Morgan fingerprint density at radius 3 is 2.75 bits per heavy atom. The lowest BCUT2D eigenvalue weighted by Crippen LogP contribution is -2.23. The second-order valence-corrected chi connectivity index (χ2v) is 5.29. The average Bonchev–Trinajstić information content (AvgIpc) is 2.46. The van der Waals surface area contributed by atoms with E-state index in [1.54, 1.807) is 0 Å². The number of benzene rings is 1. The van der Waals surface area contributed by atoms with Gasteiger partial charge in [0.2, 0.25) is 0 Å². The molecule has 1 atom stereocenters. The van der Waals surface area contributed by atoms with E-state index >= 15 is 0 Å². The van der Waals surface area contributed by atoms with Crippen molar-refractivity contribution in [1.82, 2.24) is 5.32 Å². The highest BCUT2D eigenvalue weighted by atomic mass is 16.5. The Labute approximate surface area is 123 Å². The van der Waals surface area contributed by atoms with Crippen LogP contribution in [-0.2, 0) is 6.54 Å². The van der Waals surface area contributed by atoms with Crippen molar-refractivity contribution in [3.05, 3.63) is 29.8 Å². The van der Waals surface area contributed by atoms with E-state index in [0.717, 1.165) is 38.3 Å². The molecule has 0 aliphatic rings. The first kappa shape index (κ1) is 17.0. The molecule has 3 heteroatoms. The number of ether oxygens (including phenoxy) is 1. The number of nitrogens with one attached hydrogen (secondary N) is 1. The van der Waals surface area contributed by atoms with Crippen LogP contribution in [0.5, 0.6) is 5.75 Å². The van der Waals surface area contributed by atoms with Gasteiger partial charge in [0.1, 0.15) is 5.75 Å². The van der Waals surface area contributed by atoms with E-state index < -0.39 is 0 Å². The Balaban J connectivity index is 2.36. The molecule has 0 radical (unpaired) electrons. The lowest BCUT2D eigenvalue weighted by Gasteiger charge is -2.16. The summed E-state index contributed by atoms with van der Waals surface area (Å²) in [4.78, 5) is 0. The van der Waals surface area contributed by atoms with Gasteiger partial charge in [0.05, 0.1) is 6.61 Å². The van der Waals surface area contributed by atoms with E-state index in [2.05, 4.69) is 31.3 Å². The van der Waals surface area contributed by atoms with Crippen LogP contribution >= 0.6 is 0 Å². The highest BCUT2D eigenvalue weighted by Gasteiger charge is 2.06. The van der Waals surface area contributed by atoms with Crippen LogP contribution in [-0.4, -0.2) is 24.9 Å². The Bertz CT molecular complexity index is 349. The topological polar surface area (TPSA) is 41.5 Å². The molecule has 1 unspecified atom stereocenters. The zero-order valence-corrected chi connectivity index (χ0v) is 12.9. The first-order valence-electron chi connectivity index (χ1n) is 7.83. The molecular formula is C17H29NO2. The van der Waals surface area contributed by atoms with Gasteiger partial charge in [-0.1, -0.05) is 32.4 Å². The Morgan fingerprint density at radius 1 is 1.20 bits per heavy atom.